The normalized spacial score (nSPS) is 42.8. The summed E-state index contributed by atoms with van der Waals surface area (Å²) >= 11 is 3.55. The molecule has 6 atom stereocenters. The summed E-state index contributed by atoms with van der Waals surface area (Å²) in [5.74, 6) is 2.09. The van der Waals surface area contributed by atoms with Crippen molar-refractivity contribution in [2.45, 2.75) is 64.9 Å². The molecule has 4 aliphatic carbocycles. The molecule has 1 aromatic rings. The molecule has 3 heteroatoms. The highest BCUT2D eigenvalue weighted by Gasteiger charge is 2.59. The van der Waals surface area contributed by atoms with E-state index >= 15 is 0 Å². The van der Waals surface area contributed by atoms with Gasteiger partial charge in [0, 0.05) is 9.89 Å². The Morgan fingerprint density at radius 1 is 1.10 bits per heavy atom. The first kappa shape index (κ1) is 19.8. The number of fused-ring (bicyclic) bond motifs is 5. The minimum atomic E-state index is -0.200. The van der Waals surface area contributed by atoms with Gasteiger partial charge in [-0.05, 0) is 97.5 Å². The molecule has 0 bridgehead atoms. The van der Waals surface area contributed by atoms with Crippen LogP contribution in [0.1, 0.15) is 64.4 Å². The van der Waals surface area contributed by atoms with Crippen LogP contribution in [0.4, 0.5) is 0 Å². The Hall–Kier alpha value is -1.19. The van der Waals surface area contributed by atoms with E-state index in [4.69, 9.17) is 0 Å². The molecule has 0 spiro atoms. The van der Waals surface area contributed by atoms with Crippen LogP contribution in [0.15, 0.2) is 46.0 Å². The van der Waals surface area contributed by atoms with Crippen LogP contribution in [0.25, 0.3) is 6.08 Å². The van der Waals surface area contributed by atoms with E-state index in [0.29, 0.717) is 23.5 Å². The van der Waals surface area contributed by atoms with Crippen LogP contribution in [0.2, 0.25) is 0 Å². The van der Waals surface area contributed by atoms with Gasteiger partial charge in [0.15, 0.2) is 5.78 Å². The van der Waals surface area contributed by atoms with Gasteiger partial charge in [-0.3, -0.25) is 4.79 Å². The van der Waals surface area contributed by atoms with E-state index in [9.17, 15) is 9.90 Å². The Kier molecular flexibility index (Phi) is 4.71. The summed E-state index contributed by atoms with van der Waals surface area (Å²) in [7, 11) is 0. The maximum absolute atomic E-state index is 13.5. The number of benzene rings is 1. The van der Waals surface area contributed by atoms with Crippen molar-refractivity contribution in [3.8, 4) is 0 Å². The topological polar surface area (TPSA) is 37.3 Å². The number of Topliss-reactive ketones (excluding diaryl/α,β-unsaturated/α-hetero) is 1. The van der Waals surface area contributed by atoms with E-state index in [-0.39, 0.29) is 16.9 Å². The molecule has 4 aliphatic rings. The summed E-state index contributed by atoms with van der Waals surface area (Å²) in [6, 6.07) is 8.24. The quantitative estimate of drug-likeness (QED) is 0.397. The molecule has 0 amide bonds. The smallest absolute Gasteiger partial charge is 0.165 e. The minimum Gasteiger partial charge on any atom is -0.393 e. The Labute approximate surface area is 182 Å². The predicted octanol–water partition coefficient (Wildman–Crippen LogP) is 6.34. The van der Waals surface area contributed by atoms with Crippen LogP contribution in [-0.2, 0) is 4.79 Å². The van der Waals surface area contributed by atoms with Crippen LogP contribution in [0.5, 0.6) is 0 Å². The summed E-state index contributed by atoms with van der Waals surface area (Å²) in [6.07, 6.45) is 11.5. The number of aliphatic hydroxyl groups is 1. The van der Waals surface area contributed by atoms with E-state index < -0.39 is 0 Å². The van der Waals surface area contributed by atoms with Crippen molar-refractivity contribution in [1.29, 1.82) is 0 Å². The number of halogens is 1. The number of allylic oxidation sites excluding steroid dienone is 2. The summed E-state index contributed by atoms with van der Waals surface area (Å²) in [6.45, 7) is 4.68. The molecule has 154 valence electrons. The summed E-state index contributed by atoms with van der Waals surface area (Å²) < 4.78 is 1.05. The molecule has 3 saturated carbocycles. The predicted molar refractivity (Wildman–Crippen MR) is 120 cm³/mol. The first-order valence-corrected chi connectivity index (χ1v) is 12.0. The number of carbonyl (C=O) groups excluding carboxylic acids is 1. The second-order valence-corrected chi connectivity index (χ2v) is 11.3. The highest BCUT2D eigenvalue weighted by molar-refractivity contribution is 9.10. The molecule has 2 nitrogen and oxygen atoms in total. The molecule has 3 fully saturated rings. The Morgan fingerprint density at radius 3 is 2.69 bits per heavy atom. The monoisotopic (exact) mass is 454 g/mol. The summed E-state index contributed by atoms with van der Waals surface area (Å²) in [5.41, 5.74) is 3.66. The number of rotatable bonds is 1. The van der Waals surface area contributed by atoms with E-state index in [0.717, 1.165) is 60.6 Å². The van der Waals surface area contributed by atoms with Crippen LogP contribution in [0.3, 0.4) is 0 Å². The molecule has 0 aliphatic heterocycles. The van der Waals surface area contributed by atoms with Crippen LogP contribution < -0.4 is 0 Å². The van der Waals surface area contributed by atoms with Gasteiger partial charge in [-0.2, -0.15) is 0 Å². The lowest BCUT2D eigenvalue weighted by Crippen LogP contribution is -2.50. The molecular weight excluding hydrogens is 424 g/mol. The van der Waals surface area contributed by atoms with E-state index in [1.165, 1.54) is 5.57 Å². The average molecular weight is 455 g/mol. The van der Waals surface area contributed by atoms with Gasteiger partial charge in [0.2, 0.25) is 0 Å². The van der Waals surface area contributed by atoms with Gasteiger partial charge >= 0.3 is 0 Å². The lowest BCUT2D eigenvalue weighted by molar-refractivity contribution is -0.130. The molecule has 5 rings (SSSR count). The zero-order chi connectivity index (χ0) is 20.4. The molecule has 0 heterocycles. The largest absolute Gasteiger partial charge is 0.393 e. The molecule has 0 aromatic heterocycles. The molecular formula is C26H31BrO2. The van der Waals surface area contributed by atoms with Gasteiger partial charge in [-0.15, -0.1) is 0 Å². The second kappa shape index (κ2) is 6.92. The Bertz CT molecular complexity index is 915. The minimum absolute atomic E-state index is 0.160. The molecule has 29 heavy (non-hydrogen) atoms. The zero-order valence-electron chi connectivity index (χ0n) is 17.5. The maximum atomic E-state index is 13.5. The Morgan fingerprint density at radius 2 is 1.90 bits per heavy atom. The van der Waals surface area contributed by atoms with Crippen molar-refractivity contribution in [3.05, 3.63) is 51.5 Å². The summed E-state index contributed by atoms with van der Waals surface area (Å²) in [5, 5.41) is 10.2. The second-order valence-electron chi connectivity index (χ2n) is 10.4. The van der Waals surface area contributed by atoms with Gasteiger partial charge in [0.25, 0.3) is 0 Å². The fraction of sp³-hybridized carbons (Fsp3) is 0.577. The lowest BCUT2D eigenvalue weighted by Gasteiger charge is -2.56. The number of hydrogen-bond acceptors (Lipinski definition) is 2. The molecule has 1 N–H and O–H groups in total. The maximum Gasteiger partial charge on any atom is 0.165 e. The summed E-state index contributed by atoms with van der Waals surface area (Å²) in [4.78, 5) is 13.5. The van der Waals surface area contributed by atoms with Gasteiger partial charge in [0.1, 0.15) is 0 Å². The average Bonchev–Trinajstić information content (AvgIpc) is 2.93. The number of hydrogen-bond donors (Lipinski definition) is 1. The first-order chi connectivity index (χ1) is 13.8. The molecule has 6 unspecified atom stereocenters. The number of aliphatic hydroxyl groups excluding tert-OH is 1. The van der Waals surface area contributed by atoms with Crippen molar-refractivity contribution < 1.29 is 9.90 Å². The first-order valence-electron chi connectivity index (χ1n) is 11.2. The molecule has 0 saturated heterocycles. The van der Waals surface area contributed by atoms with Crippen molar-refractivity contribution in [3.63, 3.8) is 0 Å². The van der Waals surface area contributed by atoms with Crippen LogP contribution in [-0.4, -0.2) is 17.0 Å². The molecule has 0 radical (unpaired) electrons. The van der Waals surface area contributed by atoms with Gasteiger partial charge < -0.3 is 5.11 Å². The zero-order valence-corrected chi connectivity index (χ0v) is 19.0. The van der Waals surface area contributed by atoms with Gasteiger partial charge in [0.05, 0.1) is 6.10 Å². The highest BCUT2D eigenvalue weighted by atomic mass is 79.9. The Balaban J connectivity index is 1.48. The fourth-order valence-electron chi connectivity index (χ4n) is 7.24. The van der Waals surface area contributed by atoms with Crippen molar-refractivity contribution >= 4 is 27.8 Å². The van der Waals surface area contributed by atoms with Gasteiger partial charge in [-0.25, -0.2) is 0 Å². The van der Waals surface area contributed by atoms with Crippen molar-refractivity contribution in [2.24, 2.45) is 28.6 Å². The number of ketones is 1. The van der Waals surface area contributed by atoms with Crippen molar-refractivity contribution in [1.82, 2.24) is 0 Å². The van der Waals surface area contributed by atoms with E-state index in [1.807, 2.05) is 12.1 Å². The van der Waals surface area contributed by atoms with E-state index in [2.05, 4.69) is 54.1 Å². The SMILES string of the molecule is CC12CCC3C(CC=C4CC(O)CCC43C)C1CC(=Cc1cccc(Br)c1)C2=O. The number of carbonyl (C=O) groups is 1. The van der Waals surface area contributed by atoms with Crippen LogP contribution in [0, 0.1) is 28.6 Å². The third-order valence-electron chi connectivity index (χ3n) is 8.91. The lowest BCUT2D eigenvalue weighted by atomic mass is 9.48. The fourth-order valence-corrected chi connectivity index (χ4v) is 7.66. The van der Waals surface area contributed by atoms with Crippen LogP contribution >= 0.6 is 15.9 Å². The third-order valence-corrected chi connectivity index (χ3v) is 9.40. The van der Waals surface area contributed by atoms with Crippen molar-refractivity contribution in [2.75, 3.05) is 0 Å². The third kappa shape index (κ3) is 3.03. The molecule has 1 aromatic carbocycles. The van der Waals surface area contributed by atoms with E-state index in [1.54, 1.807) is 0 Å². The highest BCUT2D eigenvalue weighted by Crippen LogP contribution is 2.64. The standard InChI is InChI=1S/C26H31BrO2/c1-25-10-8-20(28)15-18(25)6-7-21-22(25)9-11-26(2)23(21)14-17(24(26)29)12-16-4-3-5-19(27)13-16/h3-6,12-13,20-23,28H,7-11,14-15H2,1-2H3. The van der Waals surface area contributed by atoms with Gasteiger partial charge in [-0.1, -0.05) is 53.6 Å².